The van der Waals surface area contributed by atoms with Crippen molar-refractivity contribution in [2.45, 2.75) is 70.0 Å². The number of halogens is 1. The third-order valence-electron chi connectivity index (χ3n) is 5.44. The fraction of sp³-hybridized carbons (Fsp3) is 0.579. The highest BCUT2D eigenvalue weighted by molar-refractivity contribution is 6.31. The van der Waals surface area contributed by atoms with Gasteiger partial charge in [0.25, 0.3) is 0 Å². The van der Waals surface area contributed by atoms with Gasteiger partial charge < -0.3 is 10.2 Å². The second-order valence-corrected chi connectivity index (χ2v) is 7.56. The summed E-state index contributed by atoms with van der Waals surface area (Å²) in [5.41, 5.74) is 0.0966. The van der Waals surface area contributed by atoms with Crippen molar-refractivity contribution in [2.75, 3.05) is 0 Å². The number of nitrogens with one attached hydrogen (secondary N) is 1. The second-order valence-electron chi connectivity index (χ2n) is 7.15. The molecule has 0 bridgehead atoms. The van der Waals surface area contributed by atoms with Crippen LogP contribution in [0, 0.1) is 0 Å². The van der Waals surface area contributed by atoms with E-state index >= 15 is 0 Å². The average molecular weight is 349 g/mol. The van der Waals surface area contributed by atoms with E-state index in [2.05, 4.69) is 5.32 Å². The van der Waals surface area contributed by atoms with E-state index < -0.39 is 5.54 Å². The predicted molar refractivity (Wildman–Crippen MR) is 94.7 cm³/mol. The van der Waals surface area contributed by atoms with Gasteiger partial charge in [-0.3, -0.25) is 9.59 Å². The molecule has 1 heterocycles. The number of likely N-dealkylation sites (tertiary alicyclic amines) is 1. The zero-order valence-electron chi connectivity index (χ0n) is 14.2. The van der Waals surface area contributed by atoms with E-state index in [1.807, 2.05) is 31.2 Å². The SMILES string of the molecule is CC1(C(=O)NC2CCCCC2)CCC(=O)N1Cc1ccccc1Cl. The van der Waals surface area contributed by atoms with E-state index in [0.29, 0.717) is 24.4 Å². The van der Waals surface area contributed by atoms with Crippen LogP contribution in [0.3, 0.4) is 0 Å². The summed E-state index contributed by atoms with van der Waals surface area (Å²) in [5, 5.41) is 3.82. The van der Waals surface area contributed by atoms with Gasteiger partial charge in [-0.25, -0.2) is 0 Å². The molecule has 1 unspecified atom stereocenters. The summed E-state index contributed by atoms with van der Waals surface area (Å²) in [6, 6.07) is 7.75. The van der Waals surface area contributed by atoms with Crippen molar-refractivity contribution in [3.8, 4) is 0 Å². The van der Waals surface area contributed by atoms with E-state index in [4.69, 9.17) is 11.6 Å². The Morgan fingerprint density at radius 3 is 2.71 bits per heavy atom. The van der Waals surface area contributed by atoms with Crippen molar-refractivity contribution in [2.24, 2.45) is 0 Å². The lowest BCUT2D eigenvalue weighted by molar-refractivity contribution is -0.141. The molecule has 4 nitrogen and oxygen atoms in total. The summed E-state index contributed by atoms with van der Waals surface area (Å²) in [6.07, 6.45) is 6.66. The lowest BCUT2D eigenvalue weighted by Gasteiger charge is -2.36. The van der Waals surface area contributed by atoms with Crippen LogP contribution in [0.1, 0.15) is 57.4 Å². The Kier molecular flexibility index (Phi) is 5.14. The molecule has 1 saturated heterocycles. The lowest BCUT2D eigenvalue weighted by atomic mass is 9.92. The first kappa shape index (κ1) is 17.3. The Morgan fingerprint density at radius 1 is 1.29 bits per heavy atom. The molecule has 1 atom stereocenters. The molecule has 5 heteroatoms. The molecule has 2 fully saturated rings. The highest BCUT2D eigenvalue weighted by atomic mass is 35.5. The Morgan fingerprint density at radius 2 is 2.00 bits per heavy atom. The molecule has 24 heavy (non-hydrogen) atoms. The van der Waals surface area contributed by atoms with E-state index in [0.717, 1.165) is 18.4 Å². The summed E-state index contributed by atoms with van der Waals surface area (Å²) >= 11 is 6.24. The standard InChI is InChI=1S/C19H25ClN2O2/c1-19(18(24)21-15-8-3-2-4-9-15)12-11-17(23)22(19)13-14-7-5-6-10-16(14)20/h5-7,10,15H,2-4,8-9,11-13H2,1H3,(H,21,24). The van der Waals surface area contributed by atoms with E-state index in [1.165, 1.54) is 19.3 Å². The van der Waals surface area contributed by atoms with E-state index in [-0.39, 0.29) is 17.9 Å². The topological polar surface area (TPSA) is 49.4 Å². The molecule has 3 rings (SSSR count). The molecule has 0 aromatic heterocycles. The lowest BCUT2D eigenvalue weighted by Crippen LogP contribution is -2.56. The third kappa shape index (κ3) is 3.44. The number of carbonyl (C=O) groups is 2. The molecule has 1 aliphatic carbocycles. The molecule has 1 saturated carbocycles. The van der Waals surface area contributed by atoms with Crippen molar-refractivity contribution < 1.29 is 9.59 Å². The highest BCUT2D eigenvalue weighted by Gasteiger charge is 2.47. The monoisotopic (exact) mass is 348 g/mol. The molecule has 1 N–H and O–H groups in total. The summed E-state index contributed by atoms with van der Waals surface area (Å²) in [5.74, 6) is 0.00326. The van der Waals surface area contributed by atoms with Crippen LogP contribution < -0.4 is 5.32 Å². The number of amides is 2. The second kappa shape index (κ2) is 7.14. The molecule has 1 aromatic rings. The van der Waals surface area contributed by atoms with Gasteiger partial charge in [-0.2, -0.15) is 0 Å². The maximum Gasteiger partial charge on any atom is 0.245 e. The smallest absolute Gasteiger partial charge is 0.245 e. The predicted octanol–water partition coefficient (Wildman–Crippen LogP) is 3.67. The fourth-order valence-electron chi connectivity index (χ4n) is 3.78. The first-order valence-corrected chi connectivity index (χ1v) is 9.23. The molecule has 2 aliphatic rings. The van der Waals surface area contributed by atoms with Crippen molar-refractivity contribution >= 4 is 23.4 Å². The van der Waals surface area contributed by atoms with Gasteiger partial charge in [0.05, 0.1) is 0 Å². The molecule has 1 aliphatic heterocycles. The first-order valence-electron chi connectivity index (χ1n) is 8.85. The van der Waals surface area contributed by atoms with Crippen LogP contribution in [-0.2, 0) is 16.1 Å². The van der Waals surface area contributed by atoms with E-state index in [1.54, 1.807) is 4.90 Å². The van der Waals surface area contributed by atoms with Crippen LogP contribution in [0.25, 0.3) is 0 Å². The number of nitrogens with zero attached hydrogens (tertiary/aromatic N) is 1. The Labute approximate surface area is 148 Å². The minimum absolute atomic E-state index is 0.0210. The van der Waals surface area contributed by atoms with Gasteiger partial charge >= 0.3 is 0 Å². The van der Waals surface area contributed by atoms with Gasteiger partial charge in [0.1, 0.15) is 5.54 Å². The molecule has 0 radical (unpaired) electrons. The van der Waals surface area contributed by atoms with Crippen LogP contribution in [0.4, 0.5) is 0 Å². The first-order chi connectivity index (χ1) is 11.5. The molecule has 2 amide bonds. The molecular formula is C19H25ClN2O2. The Bertz CT molecular complexity index is 628. The van der Waals surface area contributed by atoms with Crippen molar-refractivity contribution in [3.63, 3.8) is 0 Å². The van der Waals surface area contributed by atoms with Gasteiger partial charge in [-0.05, 0) is 37.8 Å². The normalized spacial score (nSPS) is 25.1. The highest BCUT2D eigenvalue weighted by Crippen LogP contribution is 2.33. The van der Waals surface area contributed by atoms with Crippen LogP contribution in [-0.4, -0.2) is 28.3 Å². The summed E-state index contributed by atoms with van der Waals surface area (Å²) < 4.78 is 0. The molecular weight excluding hydrogens is 324 g/mol. The summed E-state index contributed by atoms with van der Waals surface area (Å²) in [6.45, 7) is 2.26. The van der Waals surface area contributed by atoms with Crippen LogP contribution in [0.2, 0.25) is 5.02 Å². The number of hydrogen-bond donors (Lipinski definition) is 1. The molecule has 0 spiro atoms. The van der Waals surface area contributed by atoms with Crippen LogP contribution in [0.15, 0.2) is 24.3 Å². The number of benzene rings is 1. The maximum atomic E-state index is 12.9. The van der Waals surface area contributed by atoms with Gasteiger partial charge in [0, 0.05) is 24.0 Å². The summed E-state index contributed by atoms with van der Waals surface area (Å²) in [4.78, 5) is 27.0. The van der Waals surface area contributed by atoms with E-state index in [9.17, 15) is 9.59 Å². The largest absolute Gasteiger partial charge is 0.351 e. The fourth-order valence-corrected chi connectivity index (χ4v) is 3.97. The number of carbonyl (C=O) groups excluding carboxylic acids is 2. The maximum absolute atomic E-state index is 12.9. The zero-order valence-corrected chi connectivity index (χ0v) is 14.9. The quantitative estimate of drug-likeness (QED) is 0.902. The van der Waals surface area contributed by atoms with Crippen LogP contribution >= 0.6 is 11.6 Å². The van der Waals surface area contributed by atoms with Crippen molar-refractivity contribution in [1.82, 2.24) is 10.2 Å². The third-order valence-corrected chi connectivity index (χ3v) is 5.81. The number of hydrogen-bond acceptors (Lipinski definition) is 2. The average Bonchev–Trinajstić information content (AvgIpc) is 2.87. The molecule has 130 valence electrons. The van der Waals surface area contributed by atoms with Crippen molar-refractivity contribution in [1.29, 1.82) is 0 Å². The van der Waals surface area contributed by atoms with Gasteiger partial charge in [-0.1, -0.05) is 49.1 Å². The van der Waals surface area contributed by atoms with Crippen LogP contribution in [0.5, 0.6) is 0 Å². The minimum atomic E-state index is -0.784. The van der Waals surface area contributed by atoms with Crippen molar-refractivity contribution in [3.05, 3.63) is 34.9 Å². The van der Waals surface area contributed by atoms with Gasteiger partial charge in [0.2, 0.25) is 11.8 Å². The number of rotatable bonds is 4. The Balaban J connectivity index is 1.75. The molecule has 1 aromatic carbocycles. The minimum Gasteiger partial charge on any atom is -0.351 e. The van der Waals surface area contributed by atoms with Gasteiger partial charge in [-0.15, -0.1) is 0 Å². The zero-order chi connectivity index (χ0) is 17.2. The summed E-state index contributed by atoms with van der Waals surface area (Å²) in [7, 11) is 0. The van der Waals surface area contributed by atoms with Gasteiger partial charge in [0.15, 0.2) is 0 Å². The Hall–Kier alpha value is -1.55.